The number of carbonyl (C=O) groups excluding carboxylic acids is 3. The van der Waals surface area contributed by atoms with E-state index in [1.54, 1.807) is 0 Å². The van der Waals surface area contributed by atoms with Gasteiger partial charge >= 0.3 is 0 Å². The molecule has 0 bridgehead atoms. The second-order valence-electron chi connectivity index (χ2n) is 6.26. The number of nitrogens with one attached hydrogen (secondary N) is 2. The van der Waals surface area contributed by atoms with Crippen molar-refractivity contribution < 1.29 is 14.4 Å². The highest BCUT2D eigenvalue weighted by atomic mass is 16.2. The lowest BCUT2D eigenvalue weighted by Crippen LogP contribution is -2.44. The van der Waals surface area contributed by atoms with Gasteiger partial charge in [-0.2, -0.15) is 0 Å². The molecule has 2 N–H and O–H groups in total. The smallest absolute Gasteiger partial charge is 0.246 e. The first-order valence-electron chi connectivity index (χ1n) is 7.65. The Labute approximate surface area is 124 Å². The summed E-state index contributed by atoms with van der Waals surface area (Å²) >= 11 is 0. The van der Waals surface area contributed by atoms with Crippen LogP contribution in [0.4, 0.5) is 0 Å². The van der Waals surface area contributed by atoms with Crippen LogP contribution in [0.25, 0.3) is 0 Å². The van der Waals surface area contributed by atoms with Gasteiger partial charge in [0.2, 0.25) is 17.7 Å². The van der Waals surface area contributed by atoms with E-state index in [9.17, 15) is 14.4 Å². The number of rotatable bonds is 4. The Bertz CT molecular complexity index is 442. The highest BCUT2D eigenvalue weighted by Crippen LogP contribution is 2.25. The predicted octanol–water partition coefficient (Wildman–Crippen LogP) is -1.60. The van der Waals surface area contributed by atoms with E-state index in [1.165, 1.54) is 4.90 Å². The summed E-state index contributed by atoms with van der Waals surface area (Å²) in [5.41, 5.74) is 0. The van der Waals surface area contributed by atoms with Gasteiger partial charge in [0.05, 0.1) is 13.1 Å². The van der Waals surface area contributed by atoms with Crippen LogP contribution in [0, 0.1) is 11.8 Å². The Hall–Kier alpha value is -1.47. The highest BCUT2D eigenvalue weighted by Gasteiger charge is 2.36. The average molecular weight is 294 g/mol. The summed E-state index contributed by atoms with van der Waals surface area (Å²) < 4.78 is 0. The van der Waals surface area contributed by atoms with Crippen molar-refractivity contribution in [1.29, 1.82) is 0 Å². The fraction of sp³-hybridized carbons (Fsp3) is 0.786. The standard InChI is InChI=1S/C14H22N4O3/c19-12(8-17-6-10-4-15-5-11(10)7-17)16-13(20)9-18-3-1-2-14(18)21/h10-11,15H,1-9H2,(H,16,19,20). The van der Waals surface area contributed by atoms with E-state index in [4.69, 9.17) is 0 Å². The van der Waals surface area contributed by atoms with Crippen LogP contribution in [0.1, 0.15) is 12.8 Å². The molecule has 0 saturated carbocycles. The SMILES string of the molecule is O=C(CN1CC2CNCC2C1)NC(=O)CN1CCCC1=O. The van der Waals surface area contributed by atoms with Crippen molar-refractivity contribution >= 4 is 17.7 Å². The molecule has 21 heavy (non-hydrogen) atoms. The molecule has 2 unspecified atom stereocenters. The first-order valence-corrected chi connectivity index (χ1v) is 7.65. The summed E-state index contributed by atoms with van der Waals surface area (Å²) in [6, 6.07) is 0. The first kappa shape index (κ1) is 14.5. The van der Waals surface area contributed by atoms with Gasteiger partial charge in [-0.05, 0) is 31.3 Å². The van der Waals surface area contributed by atoms with Crippen molar-refractivity contribution in [3.63, 3.8) is 0 Å². The molecule has 0 spiro atoms. The second-order valence-corrected chi connectivity index (χ2v) is 6.26. The Morgan fingerprint density at radius 1 is 1.14 bits per heavy atom. The highest BCUT2D eigenvalue weighted by molar-refractivity contribution is 5.98. The number of hydrogen-bond acceptors (Lipinski definition) is 5. The number of hydrogen-bond donors (Lipinski definition) is 2. The zero-order chi connectivity index (χ0) is 14.8. The molecule has 0 aromatic carbocycles. The molecule has 0 radical (unpaired) electrons. The Balaban J connectivity index is 1.40. The molecule has 0 aliphatic carbocycles. The van der Waals surface area contributed by atoms with Gasteiger partial charge in [-0.3, -0.25) is 24.6 Å². The van der Waals surface area contributed by atoms with E-state index in [-0.39, 0.29) is 30.8 Å². The van der Waals surface area contributed by atoms with Crippen LogP contribution in [-0.2, 0) is 14.4 Å². The monoisotopic (exact) mass is 294 g/mol. The van der Waals surface area contributed by atoms with E-state index >= 15 is 0 Å². The molecule has 7 nitrogen and oxygen atoms in total. The summed E-state index contributed by atoms with van der Waals surface area (Å²) in [7, 11) is 0. The third-order valence-corrected chi connectivity index (χ3v) is 4.62. The van der Waals surface area contributed by atoms with Gasteiger partial charge in [0.1, 0.15) is 0 Å². The van der Waals surface area contributed by atoms with Gasteiger partial charge in [-0.25, -0.2) is 0 Å². The summed E-state index contributed by atoms with van der Waals surface area (Å²) in [6.07, 6.45) is 1.30. The van der Waals surface area contributed by atoms with Crippen LogP contribution in [0.3, 0.4) is 0 Å². The normalized spacial score (nSPS) is 29.0. The molecular weight excluding hydrogens is 272 g/mol. The number of imide groups is 1. The van der Waals surface area contributed by atoms with Crippen molar-refractivity contribution in [2.24, 2.45) is 11.8 Å². The number of amides is 3. The Morgan fingerprint density at radius 2 is 1.81 bits per heavy atom. The minimum absolute atomic E-state index is 0.000255. The quantitative estimate of drug-likeness (QED) is 0.653. The second kappa shape index (κ2) is 6.11. The molecular formula is C14H22N4O3. The molecule has 3 fully saturated rings. The fourth-order valence-corrected chi connectivity index (χ4v) is 3.56. The molecule has 0 aromatic heterocycles. The molecule has 0 aromatic rings. The van der Waals surface area contributed by atoms with E-state index in [0.29, 0.717) is 24.8 Å². The summed E-state index contributed by atoms with van der Waals surface area (Å²) in [5, 5.41) is 5.75. The fourth-order valence-electron chi connectivity index (χ4n) is 3.56. The molecule has 3 saturated heterocycles. The van der Waals surface area contributed by atoms with Crippen molar-refractivity contribution in [1.82, 2.24) is 20.4 Å². The van der Waals surface area contributed by atoms with Gasteiger partial charge < -0.3 is 10.2 Å². The molecule has 3 rings (SSSR count). The molecule has 116 valence electrons. The predicted molar refractivity (Wildman–Crippen MR) is 75.3 cm³/mol. The number of fused-ring (bicyclic) bond motifs is 1. The molecule has 2 atom stereocenters. The van der Waals surface area contributed by atoms with Crippen molar-refractivity contribution in [3.05, 3.63) is 0 Å². The zero-order valence-corrected chi connectivity index (χ0v) is 12.1. The van der Waals surface area contributed by atoms with Crippen molar-refractivity contribution in [3.8, 4) is 0 Å². The van der Waals surface area contributed by atoms with E-state index < -0.39 is 0 Å². The Kier molecular flexibility index (Phi) is 4.21. The maximum absolute atomic E-state index is 11.9. The Morgan fingerprint density at radius 3 is 2.43 bits per heavy atom. The maximum atomic E-state index is 11.9. The van der Waals surface area contributed by atoms with Crippen molar-refractivity contribution in [2.75, 3.05) is 45.8 Å². The van der Waals surface area contributed by atoms with Gasteiger partial charge in [0.25, 0.3) is 0 Å². The van der Waals surface area contributed by atoms with Gasteiger partial charge in [0.15, 0.2) is 0 Å². The minimum atomic E-state index is -0.378. The van der Waals surface area contributed by atoms with Gasteiger partial charge in [-0.15, -0.1) is 0 Å². The number of carbonyl (C=O) groups is 3. The lowest BCUT2D eigenvalue weighted by molar-refractivity contribution is -0.136. The van der Waals surface area contributed by atoms with Crippen molar-refractivity contribution in [2.45, 2.75) is 12.8 Å². The minimum Gasteiger partial charge on any atom is -0.333 e. The third kappa shape index (κ3) is 3.41. The molecule has 3 amide bonds. The van der Waals surface area contributed by atoms with E-state index in [2.05, 4.69) is 15.5 Å². The summed E-state index contributed by atoms with van der Waals surface area (Å²) in [6.45, 7) is 4.78. The lowest BCUT2D eigenvalue weighted by Gasteiger charge is -2.17. The summed E-state index contributed by atoms with van der Waals surface area (Å²) in [4.78, 5) is 38.7. The van der Waals surface area contributed by atoms with Crippen LogP contribution >= 0.6 is 0 Å². The molecule has 7 heteroatoms. The number of nitrogens with zero attached hydrogens (tertiary/aromatic N) is 2. The topological polar surface area (TPSA) is 81.8 Å². The third-order valence-electron chi connectivity index (χ3n) is 4.62. The summed E-state index contributed by atoms with van der Waals surface area (Å²) in [5.74, 6) is 0.625. The largest absolute Gasteiger partial charge is 0.333 e. The van der Waals surface area contributed by atoms with Crippen LogP contribution < -0.4 is 10.6 Å². The molecule has 3 aliphatic rings. The van der Waals surface area contributed by atoms with E-state index in [0.717, 1.165) is 32.6 Å². The molecule has 3 aliphatic heterocycles. The number of likely N-dealkylation sites (tertiary alicyclic amines) is 2. The van der Waals surface area contributed by atoms with Crippen LogP contribution in [0.15, 0.2) is 0 Å². The lowest BCUT2D eigenvalue weighted by atomic mass is 10.0. The van der Waals surface area contributed by atoms with Crippen LogP contribution in [0.2, 0.25) is 0 Å². The van der Waals surface area contributed by atoms with Crippen LogP contribution in [-0.4, -0.2) is 73.3 Å². The maximum Gasteiger partial charge on any atom is 0.246 e. The first-order chi connectivity index (χ1) is 10.1. The van der Waals surface area contributed by atoms with Gasteiger partial charge in [-0.1, -0.05) is 0 Å². The zero-order valence-electron chi connectivity index (χ0n) is 12.1. The van der Waals surface area contributed by atoms with Gasteiger partial charge in [0, 0.05) is 26.1 Å². The van der Waals surface area contributed by atoms with E-state index in [1.807, 2.05) is 0 Å². The average Bonchev–Trinajstić information content (AvgIpc) is 3.06. The van der Waals surface area contributed by atoms with Crippen LogP contribution in [0.5, 0.6) is 0 Å². The molecule has 3 heterocycles.